The van der Waals surface area contributed by atoms with E-state index in [-0.39, 0.29) is 0 Å². The number of rotatable bonds is 3. The molecular formula is C15H21ClN2O. The van der Waals surface area contributed by atoms with Gasteiger partial charge in [0.25, 0.3) is 0 Å². The number of anilines is 1. The van der Waals surface area contributed by atoms with Crippen molar-refractivity contribution in [2.75, 3.05) is 44.3 Å². The van der Waals surface area contributed by atoms with E-state index in [1.165, 1.54) is 17.7 Å². The fraction of sp³-hybridized carbons (Fsp3) is 0.600. The van der Waals surface area contributed by atoms with Gasteiger partial charge < -0.3 is 9.64 Å². The van der Waals surface area contributed by atoms with Crippen molar-refractivity contribution in [1.82, 2.24) is 4.90 Å². The van der Waals surface area contributed by atoms with Gasteiger partial charge in [-0.05, 0) is 24.1 Å². The quantitative estimate of drug-likeness (QED) is 0.791. The van der Waals surface area contributed by atoms with E-state index in [0.717, 1.165) is 39.4 Å². The zero-order chi connectivity index (χ0) is 13.1. The lowest BCUT2D eigenvalue weighted by atomic mass is 10.2. The van der Waals surface area contributed by atoms with Gasteiger partial charge in [0, 0.05) is 43.8 Å². The highest BCUT2D eigenvalue weighted by Crippen LogP contribution is 2.24. The van der Waals surface area contributed by atoms with Crippen molar-refractivity contribution >= 4 is 17.3 Å². The number of hydrogen-bond donors (Lipinski definition) is 0. The molecule has 0 aromatic heterocycles. The van der Waals surface area contributed by atoms with E-state index >= 15 is 0 Å². The molecule has 2 aliphatic rings. The Labute approximate surface area is 120 Å². The van der Waals surface area contributed by atoms with Gasteiger partial charge in [-0.15, -0.1) is 11.6 Å². The van der Waals surface area contributed by atoms with Gasteiger partial charge in [0.15, 0.2) is 0 Å². The lowest BCUT2D eigenvalue weighted by molar-refractivity contribution is 0.0209. The van der Waals surface area contributed by atoms with E-state index in [1.54, 1.807) is 0 Å². The molecule has 2 aliphatic heterocycles. The van der Waals surface area contributed by atoms with Crippen LogP contribution in [-0.2, 0) is 10.6 Å². The van der Waals surface area contributed by atoms with Crippen molar-refractivity contribution in [3.05, 3.63) is 29.8 Å². The van der Waals surface area contributed by atoms with Crippen LogP contribution >= 0.6 is 11.6 Å². The summed E-state index contributed by atoms with van der Waals surface area (Å²) in [6.07, 6.45) is 1.26. The number of benzene rings is 1. The van der Waals surface area contributed by atoms with Gasteiger partial charge in [0.1, 0.15) is 0 Å². The van der Waals surface area contributed by atoms with Crippen LogP contribution in [0, 0.1) is 0 Å². The highest BCUT2D eigenvalue weighted by Gasteiger charge is 2.28. The van der Waals surface area contributed by atoms with Crippen molar-refractivity contribution in [3.63, 3.8) is 0 Å². The molecule has 0 radical (unpaired) electrons. The van der Waals surface area contributed by atoms with E-state index in [4.69, 9.17) is 16.3 Å². The molecule has 1 atom stereocenters. The standard InChI is InChI=1S/C15H21ClN2O/c16-11-13-1-3-14(4-2-13)18-6-5-15(12-18)17-7-9-19-10-8-17/h1-4,15H,5-12H2. The Kier molecular flexibility index (Phi) is 4.26. The molecule has 0 spiro atoms. The minimum atomic E-state index is 0.594. The number of alkyl halides is 1. The maximum atomic E-state index is 5.83. The predicted octanol–water partition coefficient (Wildman–Crippen LogP) is 2.34. The third kappa shape index (κ3) is 3.04. The second-order valence-corrected chi connectivity index (χ2v) is 5.60. The van der Waals surface area contributed by atoms with Crippen LogP contribution in [0.2, 0.25) is 0 Å². The first-order valence-corrected chi connectivity index (χ1v) is 7.62. The van der Waals surface area contributed by atoms with E-state index in [2.05, 4.69) is 34.1 Å². The Morgan fingerprint density at radius 3 is 2.53 bits per heavy atom. The van der Waals surface area contributed by atoms with Crippen LogP contribution in [0.5, 0.6) is 0 Å². The SMILES string of the molecule is ClCc1ccc(N2CCC(N3CCOCC3)C2)cc1. The van der Waals surface area contributed by atoms with Gasteiger partial charge in [-0.25, -0.2) is 0 Å². The predicted molar refractivity (Wildman–Crippen MR) is 79.0 cm³/mol. The normalized spacial score (nSPS) is 24.9. The molecule has 19 heavy (non-hydrogen) atoms. The molecule has 1 aromatic rings. The average Bonchev–Trinajstić information content (AvgIpc) is 2.98. The summed E-state index contributed by atoms with van der Waals surface area (Å²) in [5.41, 5.74) is 2.51. The molecular weight excluding hydrogens is 260 g/mol. The minimum absolute atomic E-state index is 0.594. The minimum Gasteiger partial charge on any atom is -0.379 e. The molecule has 1 aromatic carbocycles. The summed E-state index contributed by atoms with van der Waals surface area (Å²) < 4.78 is 5.43. The first kappa shape index (κ1) is 13.2. The molecule has 2 saturated heterocycles. The molecule has 4 heteroatoms. The molecule has 0 saturated carbocycles. The zero-order valence-electron chi connectivity index (χ0n) is 11.2. The number of halogens is 1. The van der Waals surface area contributed by atoms with E-state index in [0.29, 0.717) is 11.9 Å². The fourth-order valence-corrected chi connectivity index (χ4v) is 3.19. The number of nitrogens with zero attached hydrogens (tertiary/aromatic N) is 2. The van der Waals surface area contributed by atoms with Crippen molar-refractivity contribution in [1.29, 1.82) is 0 Å². The van der Waals surface area contributed by atoms with E-state index < -0.39 is 0 Å². The van der Waals surface area contributed by atoms with Crippen LogP contribution in [-0.4, -0.2) is 50.3 Å². The summed E-state index contributed by atoms with van der Waals surface area (Å²) in [6.45, 7) is 6.25. The van der Waals surface area contributed by atoms with Crippen molar-refractivity contribution in [2.24, 2.45) is 0 Å². The number of ether oxygens (including phenoxy) is 1. The first-order valence-electron chi connectivity index (χ1n) is 7.08. The summed E-state index contributed by atoms with van der Waals surface area (Å²) in [6, 6.07) is 9.34. The van der Waals surface area contributed by atoms with Gasteiger partial charge in [-0.2, -0.15) is 0 Å². The van der Waals surface area contributed by atoms with Gasteiger partial charge in [-0.1, -0.05) is 12.1 Å². The van der Waals surface area contributed by atoms with Gasteiger partial charge in [0.05, 0.1) is 13.2 Å². The van der Waals surface area contributed by atoms with Crippen LogP contribution < -0.4 is 4.90 Å². The highest BCUT2D eigenvalue weighted by molar-refractivity contribution is 6.17. The molecule has 1 unspecified atom stereocenters. The molecule has 0 amide bonds. The van der Waals surface area contributed by atoms with Crippen LogP contribution in [0.1, 0.15) is 12.0 Å². The molecule has 2 heterocycles. The van der Waals surface area contributed by atoms with Gasteiger partial charge >= 0.3 is 0 Å². The van der Waals surface area contributed by atoms with Crippen LogP contribution in [0.15, 0.2) is 24.3 Å². The Bertz CT molecular complexity index is 403. The summed E-state index contributed by atoms with van der Waals surface area (Å²) in [5, 5.41) is 0. The number of hydrogen-bond acceptors (Lipinski definition) is 3. The third-order valence-electron chi connectivity index (χ3n) is 4.18. The van der Waals surface area contributed by atoms with Gasteiger partial charge in [-0.3, -0.25) is 4.90 Å². The van der Waals surface area contributed by atoms with Crippen LogP contribution in [0.3, 0.4) is 0 Å². The maximum Gasteiger partial charge on any atom is 0.0594 e. The topological polar surface area (TPSA) is 15.7 Å². The summed E-state index contributed by atoms with van der Waals surface area (Å²) >= 11 is 5.83. The Morgan fingerprint density at radius 1 is 1.11 bits per heavy atom. The lowest BCUT2D eigenvalue weighted by Gasteiger charge is -2.32. The third-order valence-corrected chi connectivity index (χ3v) is 4.49. The summed E-state index contributed by atoms with van der Waals surface area (Å²) in [4.78, 5) is 5.06. The Morgan fingerprint density at radius 2 is 1.84 bits per heavy atom. The molecule has 3 nitrogen and oxygen atoms in total. The van der Waals surface area contributed by atoms with Gasteiger partial charge in [0.2, 0.25) is 0 Å². The molecule has 104 valence electrons. The molecule has 3 rings (SSSR count). The first-order chi connectivity index (χ1) is 9.36. The molecule has 2 fully saturated rings. The van der Waals surface area contributed by atoms with E-state index in [1.807, 2.05) is 0 Å². The molecule has 0 N–H and O–H groups in total. The summed E-state index contributed by atoms with van der Waals surface area (Å²) in [7, 11) is 0. The van der Waals surface area contributed by atoms with Crippen molar-refractivity contribution < 1.29 is 4.74 Å². The molecule has 0 bridgehead atoms. The maximum absolute atomic E-state index is 5.83. The number of morpholine rings is 1. The Balaban J connectivity index is 1.61. The second kappa shape index (κ2) is 6.12. The van der Waals surface area contributed by atoms with Crippen molar-refractivity contribution in [2.45, 2.75) is 18.3 Å². The monoisotopic (exact) mass is 280 g/mol. The van der Waals surface area contributed by atoms with Crippen LogP contribution in [0.25, 0.3) is 0 Å². The fourth-order valence-electron chi connectivity index (χ4n) is 3.01. The Hall–Kier alpha value is -0.770. The second-order valence-electron chi connectivity index (χ2n) is 5.34. The molecule has 0 aliphatic carbocycles. The highest BCUT2D eigenvalue weighted by atomic mass is 35.5. The van der Waals surface area contributed by atoms with Crippen LogP contribution in [0.4, 0.5) is 5.69 Å². The average molecular weight is 281 g/mol. The zero-order valence-corrected chi connectivity index (χ0v) is 12.0. The smallest absolute Gasteiger partial charge is 0.0594 e. The van der Waals surface area contributed by atoms with Crippen molar-refractivity contribution in [3.8, 4) is 0 Å². The van der Waals surface area contributed by atoms with E-state index in [9.17, 15) is 0 Å². The largest absolute Gasteiger partial charge is 0.379 e. The summed E-state index contributed by atoms with van der Waals surface area (Å²) in [5.74, 6) is 0.594. The lowest BCUT2D eigenvalue weighted by Crippen LogP contribution is -2.44.